The van der Waals surface area contributed by atoms with Crippen LogP contribution in [0, 0.1) is 0 Å². The Bertz CT molecular complexity index is 598. The summed E-state index contributed by atoms with van der Waals surface area (Å²) in [6.07, 6.45) is 0.621. The first-order valence-corrected chi connectivity index (χ1v) is 7.10. The lowest BCUT2D eigenvalue weighted by molar-refractivity contribution is -0.136. The van der Waals surface area contributed by atoms with E-state index < -0.39 is 11.9 Å². The summed E-state index contributed by atoms with van der Waals surface area (Å²) in [7, 11) is 0. The first kappa shape index (κ1) is 15.0. The number of amides is 3. The van der Waals surface area contributed by atoms with E-state index in [9.17, 15) is 14.4 Å². The Morgan fingerprint density at radius 3 is 2.57 bits per heavy atom. The van der Waals surface area contributed by atoms with Gasteiger partial charge in [-0.2, -0.15) is 0 Å². The van der Waals surface area contributed by atoms with E-state index in [0.717, 1.165) is 5.56 Å². The number of benzene rings is 1. The Hall–Kier alpha value is -2.37. The summed E-state index contributed by atoms with van der Waals surface area (Å²) in [5.74, 6) is -0.891. The molecule has 1 aromatic rings. The van der Waals surface area contributed by atoms with Crippen molar-refractivity contribution in [2.24, 2.45) is 0 Å². The molecule has 1 fully saturated rings. The second kappa shape index (κ2) is 5.95. The second-order valence-electron chi connectivity index (χ2n) is 4.77. The van der Waals surface area contributed by atoms with Gasteiger partial charge in [0, 0.05) is 29.8 Å². The monoisotopic (exact) mass is 289 g/mol. The molecule has 0 aliphatic carbocycles. The standard InChI is InChI=1S/C13H13N3O3.C2H6/c14-9-3-1-2-7-8(9)6-16(13(7)19)10-4-5-11(17)15-12(10)18;1-2/h1-3,10H,4-6,14H2,(H,15,17,18);1-2H3. The first-order chi connectivity index (χ1) is 10.1. The third-order valence-corrected chi connectivity index (χ3v) is 3.62. The lowest BCUT2D eigenvalue weighted by Crippen LogP contribution is -2.52. The topological polar surface area (TPSA) is 92.5 Å². The van der Waals surface area contributed by atoms with E-state index in [4.69, 9.17) is 5.73 Å². The molecule has 21 heavy (non-hydrogen) atoms. The van der Waals surface area contributed by atoms with Crippen LogP contribution in [0.25, 0.3) is 0 Å². The summed E-state index contributed by atoms with van der Waals surface area (Å²) < 4.78 is 0. The predicted octanol–water partition coefficient (Wildman–Crippen LogP) is 1.06. The number of anilines is 1. The normalized spacial score (nSPS) is 20.6. The summed E-state index contributed by atoms with van der Waals surface area (Å²) >= 11 is 0. The number of piperidine rings is 1. The molecule has 3 N–H and O–H groups in total. The van der Waals surface area contributed by atoms with Gasteiger partial charge in [-0.3, -0.25) is 19.7 Å². The number of rotatable bonds is 1. The molecule has 2 aliphatic heterocycles. The van der Waals surface area contributed by atoms with Crippen LogP contribution in [0.15, 0.2) is 18.2 Å². The maximum atomic E-state index is 12.3. The Morgan fingerprint density at radius 1 is 1.24 bits per heavy atom. The molecule has 1 aromatic carbocycles. The predicted molar refractivity (Wildman–Crippen MR) is 78.2 cm³/mol. The molecular formula is C15H19N3O3. The van der Waals surface area contributed by atoms with E-state index >= 15 is 0 Å². The lowest BCUT2D eigenvalue weighted by Gasteiger charge is -2.29. The van der Waals surface area contributed by atoms with Crippen LogP contribution in [0.5, 0.6) is 0 Å². The molecule has 6 nitrogen and oxygen atoms in total. The number of nitrogens with two attached hydrogens (primary N) is 1. The van der Waals surface area contributed by atoms with Crippen LogP contribution in [-0.2, 0) is 16.1 Å². The van der Waals surface area contributed by atoms with Crippen molar-refractivity contribution < 1.29 is 14.4 Å². The van der Waals surface area contributed by atoms with Gasteiger partial charge < -0.3 is 10.6 Å². The highest BCUT2D eigenvalue weighted by atomic mass is 16.2. The number of fused-ring (bicyclic) bond motifs is 1. The highest BCUT2D eigenvalue weighted by Gasteiger charge is 2.39. The number of imide groups is 1. The third-order valence-electron chi connectivity index (χ3n) is 3.62. The van der Waals surface area contributed by atoms with Gasteiger partial charge in [-0.05, 0) is 18.6 Å². The van der Waals surface area contributed by atoms with E-state index in [1.165, 1.54) is 4.90 Å². The van der Waals surface area contributed by atoms with Crippen molar-refractivity contribution in [2.75, 3.05) is 5.73 Å². The van der Waals surface area contributed by atoms with Gasteiger partial charge in [-0.25, -0.2) is 0 Å². The van der Waals surface area contributed by atoms with E-state index in [2.05, 4.69) is 5.32 Å². The Labute approximate surface area is 123 Å². The van der Waals surface area contributed by atoms with Gasteiger partial charge >= 0.3 is 0 Å². The van der Waals surface area contributed by atoms with Crippen LogP contribution in [0.4, 0.5) is 5.69 Å². The van der Waals surface area contributed by atoms with E-state index in [0.29, 0.717) is 24.2 Å². The molecule has 1 atom stereocenters. The summed E-state index contributed by atoms with van der Waals surface area (Å²) in [6, 6.07) is 4.58. The molecule has 2 heterocycles. The van der Waals surface area contributed by atoms with Gasteiger partial charge in [-0.1, -0.05) is 19.9 Å². The molecule has 1 saturated heterocycles. The fourth-order valence-corrected chi connectivity index (χ4v) is 2.61. The molecule has 3 amide bonds. The molecule has 0 radical (unpaired) electrons. The first-order valence-electron chi connectivity index (χ1n) is 7.10. The van der Waals surface area contributed by atoms with Crippen molar-refractivity contribution in [2.45, 2.75) is 39.3 Å². The average Bonchev–Trinajstić information content (AvgIpc) is 2.80. The number of carbonyl (C=O) groups excluding carboxylic acids is 3. The van der Waals surface area contributed by atoms with Crippen LogP contribution in [-0.4, -0.2) is 28.7 Å². The number of nitrogens with zero attached hydrogens (tertiary/aromatic N) is 1. The van der Waals surface area contributed by atoms with Crippen molar-refractivity contribution >= 4 is 23.4 Å². The summed E-state index contributed by atoms with van der Waals surface area (Å²) in [6.45, 7) is 4.33. The van der Waals surface area contributed by atoms with E-state index in [1.807, 2.05) is 13.8 Å². The van der Waals surface area contributed by atoms with Crippen molar-refractivity contribution in [1.29, 1.82) is 0 Å². The zero-order valence-corrected chi connectivity index (χ0v) is 12.2. The fourth-order valence-electron chi connectivity index (χ4n) is 2.61. The molecule has 0 saturated carbocycles. The Morgan fingerprint density at radius 2 is 1.95 bits per heavy atom. The minimum atomic E-state index is -0.586. The molecule has 0 spiro atoms. The number of nitrogens with one attached hydrogen (secondary N) is 1. The Kier molecular flexibility index (Phi) is 4.26. The minimum Gasteiger partial charge on any atom is -0.398 e. The van der Waals surface area contributed by atoms with Crippen molar-refractivity contribution in [3.63, 3.8) is 0 Å². The third kappa shape index (κ3) is 2.61. The largest absolute Gasteiger partial charge is 0.398 e. The van der Waals surface area contributed by atoms with Gasteiger partial charge in [0.25, 0.3) is 5.91 Å². The number of hydrogen-bond donors (Lipinski definition) is 2. The number of carbonyl (C=O) groups is 3. The molecule has 0 bridgehead atoms. The number of hydrogen-bond acceptors (Lipinski definition) is 4. The summed E-state index contributed by atoms with van der Waals surface area (Å²) in [5, 5.41) is 2.27. The van der Waals surface area contributed by atoms with Crippen molar-refractivity contribution in [1.82, 2.24) is 10.2 Å². The van der Waals surface area contributed by atoms with Crippen molar-refractivity contribution in [3.05, 3.63) is 29.3 Å². The lowest BCUT2D eigenvalue weighted by atomic mass is 10.0. The molecule has 1 unspecified atom stereocenters. The number of nitrogen functional groups attached to an aromatic ring is 1. The quantitative estimate of drug-likeness (QED) is 0.597. The van der Waals surface area contributed by atoms with Crippen LogP contribution < -0.4 is 11.1 Å². The zero-order valence-electron chi connectivity index (χ0n) is 12.2. The van der Waals surface area contributed by atoms with Gasteiger partial charge in [0.1, 0.15) is 6.04 Å². The molecule has 0 aromatic heterocycles. The fraction of sp³-hybridized carbons (Fsp3) is 0.400. The zero-order chi connectivity index (χ0) is 15.6. The molecule has 6 heteroatoms. The SMILES string of the molecule is CC.Nc1cccc2c1CN(C1CCC(=O)NC1=O)C2=O. The van der Waals surface area contributed by atoms with Crippen LogP contribution >= 0.6 is 0 Å². The molecule has 2 aliphatic rings. The summed E-state index contributed by atoms with van der Waals surface area (Å²) in [4.78, 5) is 36.7. The van der Waals surface area contributed by atoms with Crippen LogP contribution in [0.2, 0.25) is 0 Å². The molecular weight excluding hydrogens is 270 g/mol. The van der Waals surface area contributed by atoms with Gasteiger partial charge in [0.2, 0.25) is 11.8 Å². The Balaban J connectivity index is 0.000000774. The van der Waals surface area contributed by atoms with Gasteiger partial charge in [0.05, 0.1) is 0 Å². The molecule has 112 valence electrons. The van der Waals surface area contributed by atoms with Crippen molar-refractivity contribution in [3.8, 4) is 0 Å². The smallest absolute Gasteiger partial charge is 0.255 e. The summed E-state index contributed by atoms with van der Waals surface area (Å²) in [5.41, 5.74) is 7.71. The maximum Gasteiger partial charge on any atom is 0.255 e. The highest BCUT2D eigenvalue weighted by molar-refractivity contribution is 6.06. The van der Waals surface area contributed by atoms with Gasteiger partial charge in [0.15, 0.2) is 0 Å². The average molecular weight is 289 g/mol. The van der Waals surface area contributed by atoms with Gasteiger partial charge in [-0.15, -0.1) is 0 Å². The minimum absolute atomic E-state index is 0.197. The van der Waals surface area contributed by atoms with Crippen LogP contribution in [0.3, 0.4) is 0 Å². The van der Waals surface area contributed by atoms with E-state index in [-0.39, 0.29) is 18.2 Å². The maximum absolute atomic E-state index is 12.3. The highest BCUT2D eigenvalue weighted by Crippen LogP contribution is 2.30. The second-order valence-corrected chi connectivity index (χ2v) is 4.77. The van der Waals surface area contributed by atoms with E-state index in [1.54, 1.807) is 18.2 Å². The molecule has 3 rings (SSSR count). The van der Waals surface area contributed by atoms with Crippen LogP contribution in [0.1, 0.15) is 42.6 Å².